The average molecular weight is 550 g/mol. The van der Waals surface area contributed by atoms with Gasteiger partial charge in [-0.25, -0.2) is 0 Å². The molecule has 1 aliphatic heterocycles. The molecule has 0 aromatic heterocycles. The minimum Gasteiger partial charge on any atom is -0.382 e. The summed E-state index contributed by atoms with van der Waals surface area (Å²) in [5.74, 6) is 0.0307. The van der Waals surface area contributed by atoms with E-state index in [9.17, 15) is 18.0 Å². The quantitative estimate of drug-likeness (QED) is 0.352. The van der Waals surface area contributed by atoms with Gasteiger partial charge in [-0.1, -0.05) is 6.07 Å². The molecule has 4 rings (SSSR count). The maximum atomic E-state index is 13.2. The number of hydrogen-bond acceptors (Lipinski definition) is 5. The number of thioether (sulfide) groups is 1. The zero-order chi connectivity index (χ0) is 27.3. The first-order valence-corrected chi connectivity index (χ1v) is 14.6. The van der Waals surface area contributed by atoms with E-state index in [1.165, 1.54) is 29.5 Å². The number of benzene rings is 2. The van der Waals surface area contributed by atoms with Crippen molar-refractivity contribution < 1.29 is 22.7 Å². The lowest BCUT2D eigenvalue weighted by Crippen LogP contribution is -2.44. The van der Waals surface area contributed by atoms with Gasteiger partial charge in [-0.05, 0) is 100 Å². The molecular weight excluding hydrogens is 511 g/mol. The summed E-state index contributed by atoms with van der Waals surface area (Å²) in [6, 6.07) is 11.3. The fraction of sp³-hybridized carbons (Fsp3) is 0.552. The van der Waals surface area contributed by atoms with Crippen molar-refractivity contribution in [3.8, 4) is 0 Å². The Bertz CT molecular complexity index is 1090. The van der Waals surface area contributed by atoms with Crippen LogP contribution in [-0.4, -0.2) is 54.9 Å². The lowest BCUT2D eigenvalue weighted by Gasteiger charge is -2.34. The van der Waals surface area contributed by atoms with Gasteiger partial charge in [-0.2, -0.15) is 13.2 Å². The number of likely N-dealkylation sites (tertiary alicyclic amines) is 1. The molecule has 0 radical (unpaired) electrons. The number of carbonyl (C=O) groups excluding carboxylic acids is 1. The molecule has 9 heteroatoms. The second kappa shape index (κ2) is 12.6. The van der Waals surface area contributed by atoms with E-state index in [0.717, 1.165) is 57.3 Å². The summed E-state index contributed by atoms with van der Waals surface area (Å²) >= 11 is 1.75. The van der Waals surface area contributed by atoms with Gasteiger partial charge in [0, 0.05) is 41.4 Å². The maximum absolute atomic E-state index is 13.2. The van der Waals surface area contributed by atoms with E-state index in [4.69, 9.17) is 4.74 Å². The number of aryl methyl sites for hydroxylation is 2. The lowest BCUT2D eigenvalue weighted by molar-refractivity contribution is -0.140. The molecule has 0 atom stereocenters. The molecule has 1 aliphatic carbocycles. The monoisotopic (exact) mass is 549 g/mol. The minimum absolute atomic E-state index is 0.00690. The number of ether oxygens (including phenoxy) is 1. The van der Waals surface area contributed by atoms with Crippen molar-refractivity contribution in [2.45, 2.75) is 81.6 Å². The third kappa shape index (κ3) is 7.59. The number of hydrogen-bond donors (Lipinski definition) is 2. The second-order valence-corrected chi connectivity index (χ2v) is 11.3. The smallest absolute Gasteiger partial charge is 0.382 e. The molecule has 2 aliphatic rings. The third-order valence-corrected chi connectivity index (χ3v) is 8.54. The van der Waals surface area contributed by atoms with Crippen LogP contribution < -0.4 is 10.6 Å². The van der Waals surface area contributed by atoms with Crippen molar-refractivity contribution in [2.75, 3.05) is 36.6 Å². The van der Waals surface area contributed by atoms with Crippen LogP contribution in [-0.2, 0) is 15.7 Å². The van der Waals surface area contributed by atoms with Crippen molar-refractivity contribution in [1.82, 2.24) is 4.90 Å². The number of amides is 1. The van der Waals surface area contributed by atoms with Gasteiger partial charge in [-0.15, -0.1) is 11.8 Å². The molecule has 2 aromatic carbocycles. The lowest BCUT2D eigenvalue weighted by atomic mass is 9.92. The Morgan fingerprint density at radius 1 is 0.921 bits per heavy atom. The molecule has 2 N–H and O–H groups in total. The Balaban J connectivity index is 1.15. The molecule has 208 valence electrons. The van der Waals surface area contributed by atoms with E-state index in [1.807, 2.05) is 4.90 Å². The van der Waals surface area contributed by atoms with E-state index in [0.29, 0.717) is 11.7 Å². The van der Waals surface area contributed by atoms with Crippen LogP contribution in [0.5, 0.6) is 0 Å². The van der Waals surface area contributed by atoms with Crippen LogP contribution in [0.15, 0.2) is 41.3 Å². The van der Waals surface area contributed by atoms with Gasteiger partial charge < -0.3 is 20.3 Å². The van der Waals surface area contributed by atoms with E-state index in [-0.39, 0.29) is 30.2 Å². The largest absolute Gasteiger partial charge is 0.416 e. The summed E-state index contributed by atoms with van der Waals surface area (Å²) in [6.45, 7) is 5.12. The normalized spacial score (nSPS) is 20.8. The van der Waals surface area contributed by atoms with Crippen molar-refractivity contribution in [3.63, 3.8) is 0 Å². The van der Waals surface area contributed by atoms with Crippen LogP contribution >= 0.6 is 11.8 Å². The first-order chi connectivity index (χ1) is 18.1. The summed E-state index contributed by atoms with van der Waals surface area (Å²) in [5.41, 5.74) is 2.51. The minimum atomic E-state index is -4.36. The van der Waals surface area contributed by atoms with Gasteiger partial charge in [0.1, 0.15) is 6.61 Å². The highest BCUT2D eigenvalue weighted by Gasteiger charge is 2.33. The SMILES string of the molecule is CSc1ccc(NC2CCN(C(=O)COC3CCC(Nc4ccc(C)c(C(F)(F)F)c4)CC3)CC2)cc1C. The Kier molecular flexibility index (Phi) is 9.52. The summed E-state index contributed by atoms with van der Waals surface area (Å²) in [5, 5.41) is 6.86. The van der Waals surface area contributed by atoms with Gasteiger partial charge >= 0.3 is 6.18 Å². The zero-order valence-corrected chi connectivity index (χ0v) is 23.2. The topological polar surface area (TPSA) is 53.6 Å². The number of nitrogens with one attached hydrogen (secondary N) is 2. The number of alkyl halides is 3. The molecule has 1 amide bonds. The molecule has 2 fully saturated rings. The number of anilines is 2. The molecule has 0 unspecified atom stereocenters. The Hall–Kier alpha value is -2.39. The molecule has 1 heterocycles. The van der Waals surface area contributed by atoms with E-state index in [1.54, 1.807) is 17.8 Å². The van der Waals surface area contributed by atoms with Crippen LogP contribution in [0.3, 0.4) is 0 Å². The second-order valence-electron chi connectivity index (χ2n) is 10.4. The van der Waals surface area contributed by atoms with E-state index >= 15 is 0 Å². The predicted octanol–water partition coefficient (Wildman–Crippen LogP) is 6.89. The molecule has 5 nitrogen and oxygen atoms in total. The van der Waals surface area contributed by atoms with Crippen molar-refractivity contribution in [3.05, 3.63) is 53.1 Å². The number of piperidine rings is 1. The standard InChI is InChI=1S/C29H38F3N3O2S/c1-19-4-5-24(17-26(19)29(30,31)32)33-21-6-9-25(10-7-21)37-18-28(36)35-14-12-22(13-15-35)34-23-8-11-27(38-3)20(2)16-23/h4-5,8,11,16-17,21-22,25,33-34H,6-7,9-10,12-15,18H2,1-3H3. The first kappa shape index (κ1) is 28.6. The predicted molar refractivity (Wildman–Crippen MR) is 148 cm³/mol. The van der Waals surface area contributed by atoms with Crippen LogP contribution in [0.2, 0.25) is 0 Å². The maximum Gasteiger partial charge on any atom is 0.416 e. The highest BCUT2D eigenvalue weighted by molar-refractivity contribution is 7.98. The zero-order valence-electron chi connectivity index (χ0n) is 22.4. The fourth-order valence-corrected chi connectivity index (χ4v) is 5.97. The Morgan fingerprint density at radius 2 is 1.53 bits per heavy atom. The Labute approximate surface area is 227 Å². The van der Waals surface area contributed by atoms with Gasteiger partial charge in [0.15, 0.2) is 0 Å². The van der Waals surface area contributed by atoms with Crippen molar-refractivity contribution >= 4 is 29.0 Å². The summed E-state index contributed by atoms with van der Waals surface area (Å²) in [4.78, 5) is 15.9. The van der Waals surface area contributed by atoms with Gasteiger partial charge in [0.25, 0.3) is 0 Å². The highest BCUT2D eigenvalue weighted by Crippen LogP contribution is 2.34. The molecule has 2 aromatic rings. The molecule has 0 spiro atoms. The van der Waals surface area contributed by atoms with Gasteiger partial charge in [-0.3, -0.25) is 4.79 Å². The van der Waals surface area contributed by atoms with Crippen LogP contribution in [0.1, 0.15) is 55.2 Å². The van der Waals surface area contributed by atoms with Gasteiger partial charge in [0.2, 0.25) is 5.91 Å². The van der Waals surface area contributed by atoms with Crippen molar-refractivity contribution in [1.29, 1.82) is 0 Å². The number of nitrogens with zero attached hydrogens (tertiary/aromatic N) is 1. The summed E-state index contributed by atoms with van der Waals surface area (Å²) in [6.07, 6.45) is 2.69. The third-order valence-electron chi connectivity index (χ3n) is 7.64. The number of carbonyl (C=O) groups is 1. The van der Waals surface area contributed by atoms with Gasteiger partial charge in [0.05, 0.1) is 11.7 Å². The Morgan fingerprint density at radius 3 is 2.13 bits per heavy atom. The summed E-state index contributed by atoms with van der Waals surface area (Å²) < 4.78 is 45.6. The number of halogens is 3. The highest BCUT2D eigenvalue weighted by atomic mass is 32.2. The molecule has 1 saturated carbocycles. The van der Waals surface area contributed by atoms with E-state index < -0.39 is 11.7 Å². The van der Waals surface area contributed by atoms with Crippen LogP contribution in [0.4, 0.5) is 24.5 Å². The van der Waals surface area contributed by atoms with Crippen LogP contribution in [0, 0.1) is 13.8 Å². The van der Waals surface area contributed by atoms with E-state index in [2.05, 4.69) is 42.0 Å². The fourth-order valence-electron chi connectivity index (χ4n) is 5.38. The molecule has 0 bridgehead atoms. The molecular formula is C29H38F3N3O2S. The van der Waals surface area contributed by atoms with Crippen molar-refractivity contribution in [2.24, 2.45) is 0 Å². The van der Waals surface area contributed by atoms with Crippen LogP contribution in [0.25, 0.3) is 0 Å². The molecule has 1 saturated heterocycles. The number of rotatable bonds is 8. The average Bonchev–Trinajstić information content (AvgIpc) is 2.89. The first-order valence-electron chi connectivity index (χ1n) is 13.4. The molecule has 38 heavy (non-hydrogen) atoms. The summed E-state index contributed by atoms with van der Waals surface area (Å²) in [7, 11) is 0.